The van der Waals surface area contributed by atoms with Gasteiger partial charge in [-0.2, -0.15) is 30.7 Å². The van der Waals surface area contributed by atoms with Crippen molar-refractivity contribution in [1.29, 1.82) is 0 Å². The van der Waals surface area contributed by atoms with Gasteiger partial charge in [-0.05, 0) is 31.1 Å². The largest absolute Gasteiger partial charge is 0.464 e. The van der Waals surface area contributed by atoms with Gasteiger partial charge in [-0.25, -0.2) is 4.79 Å². The van der Waals surface area contributed by atoms with Crippen molar-refractivity contribution in [2.75, 3.05) is 6.61 Å². The fourth-order valence-corrected chi connectivity index (χ4v) is 2.65. The molecule has 0 aliphatic heterocycles. The normalized spacial score (nSPS) is 14.7. The van der Waals surface area contributed by atoms with Gasteiger partial charge in [-0.15, -0.1) is 0 Å². The van der Waals surface area contributed by atoms with E-state index in [0.717, 1.165) is 0 Å². The molecule has 0 fully saturated rings. The van der Waals surface area contributed by atoms with Crippen LogP contribution >= 0.6 is 0 Å². The van der Waals surface area contributed by atoms with Crippen LogP contribution in [-0.2, 0) is 19.1 Å². The molecule has 2 N–H and O–H groups in total. The highest BCUT2D eigenvalue weighted by Gasteiger charge is 2.76. The molecule has 0 aliphatic carbocycles. The first-order chi connectivity index (χ1) is 14.9. The van der Waals surface area contributed by atoms with Crippen LogP contribution in [0.15, 0.2) is 0 Å². The van der Waals surface area contributed by atoms with Gasteiger partial charge in [-0.3, -0.25) is 9.59 Å². The Hall–Kier alpha value is -2.08. The Bertz CT molecular complexity index is 667. The van der Waals surface area contributed by atoms with Crippen LogP contribution in [0.5, 0.6) is 0 Å². The number of amides is 2. The number of carbonyl (C=O) groups is 3. The molecular weight excluding hydrogens is 465 g/mol. The van der Waals surface area contributed by atoms with E-state index >= 15 is 0 Å². The molecule has 0 saturated heterocycles. The number of ether oxygens (including phenoxy) is 1. The van der Waals surface area contributed by atoms with Crippen LogP contribution in [0.2, 0.25) is 0 Å². The molecular formula is C20H31F7N2O4. The number of hydrogen-bond donors (Lipinski definition) is 2. The molecule has 2 unspecified atom stereocenters. The summed E-state index contributed by atoms with van der Waals surface area (Å²) in [5, 5.41) is 3.51. The van der Waals surface area contributed by atoms with E-state index in [1.54, 1.807) is 13.8 Å². The molecule has 0 aromatic rings. The summed E-state index contributed by atoms with van der Waals surface area (Å²) in [4.78, 5) is 36.6. The second-order valence-corrected chi connectivity index (χ2v) is 8.51. The molecule has 0 aromatic carbocycles. The Morgan fingerprint density at radius 2 is 1.30 bits per heavy atom. The molecule has 0 rings (SSSR count). The van der Waals surface area contributed by atoms with Gasteiger partial charge < -0.3 is 15.4 Å². The van der Waals surface area contributed by atoms with Crippen molar-refractivity contribution in [3.05, 3.63) is 0 Å². The van der Waals surface area contributed by atoms with Gasteiger partial charge in [0.1, 0.15) is 12.1 Å². The number of nitrogens with one attached hydrogen (secondary N) is 2. The summed E-state index contributed by atoms with van der Waals surface area (Å²) in [7, 11) is 0. The first kappa shape index (κ1) is 30.9. The fraction of sp³-hybridized carbons (Fsp3) is 0.850. The number of carbonyl (C=O) groups excluding carboxylic acids is 3. The van der Waals surface area contributed by atoms with E-state index in [1.807, 2.05) is 6.92 Å². The Kier molecular flexibility index (Phi) is 11.6. The molecule has 2 atom stereocenters. The van der Waals surface area contributed by atoms with Crippen LogP contribution in [0.4, 0.5) is 30.7 Å². The van der Waals surface area contributed by atoms with Crippen molar-refractivity contribution in [2.24, 2.45) is 11.8 Å². The number of alkyl halides is 7. The van der Waals surface area contributed by atoms with Crippen LogP contribution in [-0.4, -0.2) is 54.5 Å². The number of esters is 1. The number of rotatable bonds is 13. The minimum absolute atomic E-state index is 0.0602. The predicted octanol–water partition coefficient (Wildman–Crippen LogP) is 4.22. The van der Waals surface area contributed by atoms with Gasteiger partial charge in [0.25, 0.3) is 5.91 Å². The van der Waals surface area contributed by atoms with E-state index in [9.17, 15) is 45.1 Å². The molecule has 0 aliphatic rings. The third-order valence-corrected chi connectivity index (χ3v) is 4.41. The summed E-state index contributed by atoms with van der Waals surface area (Å²) in [6, 6.07) is -3.14. The topological polar surface area (TPSA) is 84.5 Å². The minimum atomic E-state index is -6.70. The highest BCUT2D eigenvalue weighted by Crippen LogP contribution is 2.46. The maximum absolute atomic E-state index is 13.7. The fourth-order valence-electron chi connectivity index (χ4n) is 2.65. The number of halogens is 7. The Labute approximate surface area is 188 Å². The van der Waals surface area contributed by atoms with Gasteiger partial charge in [-0.1, -0.05) is 41.0 Å². The zero-order chi connectivity index (χ0) is 26.2. The molecule has 13 heteroatoms. The molecule has 0 radical (unpaired) electrons. The maximum Gasteiger partial charge on any atom is 0.460 e. The van der Waals surface area contributed by atoms with Crippen LogP contribution in [0.3, 0.4) is 0 Å². The maximum atomic E-state index is 13.7. The summed E-state index contributed by atoms with van der Waals surface area (Å²) in [5.41, 5.74) is 0. The van der Waals surface area contributed by atoms with E-state index in [-0.39, 0.29) is 25.4 Å². The standard InChI is InChI=1S/C20H31F7N2O4/c1-6-7-8-33-16(31)14(10-12(4)5)28-15(30)13(9-11(2)3)29-17(32)18(21,22)19(23,24)20(25,26)27/h11-14H,6-10H2,1-5H3,(H,28,30)(H,29,32). The minimum Gasteiger partial charge on any atom is -0.464 e. The summed E-state index contributed by atoms with van der Waals surface area (Å²) in [6.07, 6.45) is -5.74. The van der Waals surface area contributed by atoms with Crippen molar-refractivity contribution in [3.8, 4) is 0 Å². The van der Waals surface area contributed by atoms with Crippen LogP contribution in [0.1, 0.15) is 60.3 Å². The summed E-state index contributed by atoms with van der Waals surface area (Å²) >= 11 is 0. The third kappa shape index (κ3) is 9.00. The van der Waals surface area contributed by atoms with Gasteiger partial charge in [0.05, 0.1) is 6.61 Å². The molecule has 0 heterocycles. The van der Waals surface area contributed by atoms with E-state index in [2.05, 4.69) is 5.32 Å². The van der Waals surface area contributed by atoms with E-state index in [0.29, 0.717) is 12.8 Å². The monoisotopic (exact) mass is 496 g/mol. The molecule has 6 nitrogen and oxygen atoms in total. The SMILES string of the molecule is CCCCOC(=O)C(CC(C)C)NC(=O)C(CC(C)C)NC(=O)C(F)(F)C(F)(F)C(F)(F)F. The van der Waals surface area contributed by atoms with Crippen LogP contribution in [0, 0.1) is 11.8 Å². The summed E-state index contributed by atoms with van der Waals surface area (Å²) < 4.78 is 95.9. The van der Waals surface area contributed by atoms with E-state index in [1.165, 1.54) is 19.2 Å². The van der Waals surface area contributed by atoms with Crippen LogP contribution < -0.4 is 10.6 Å². The molecule has 0 bridgehead atoms. The van der Waals surface area contributed by atoms with Crippen molar-refractivity contribution in [1.82, 2.24) is 10.6 Å². The van der Waals surface area contributed by atoms with Gasteiger partial charge in [0.2, 0.25) is 5.91 Å². The lowest BCUT2D eigenvalue weighted by atomic mass is 10.00. The second kappa shape index (κ2) is 12.4. The molecule has 0 aromatic heterocycles. The molecule has 0 saturated carbocycles. The summed E-state index contributed by atoms with van der Waals surface area (Å²) in [5.74, 6) is -18.4. The molecule has 0 spiro atoms. The van der Waals surface area contributed by atoms with Gasteiger partial charge in [0.15, 0.2) is 0 Å². The molecule has 33 heavy (non-hydrogen) atoms. The smallest absolute Gasteiger partial charge is 0.460 e. The quantitative estimate of drug-likeness (QED) is 0.227. The Balaban J connectivity index is 5.66. The zero-order valence-corrected chi connectivity index (χ0v) is 19.1. The lowest BCUT2D eigenvalue weighted by molar-refractivity contribution is -0.344. The Morgan fingerprint density at radius 3 is 1.73 bits per heavy atom. The second-order valence-electron chi connectivity index (χ2n) is 8.51. The van der Waals surface area contributed by atoms with Crippen molar-refractivity contribution < 1.29 is 49.9 Å². The number of unbranched alkanes of at least 4 members (excludes halogenated alkanes) is 1. The first-order valence-electron chi connectivity index (χ1n) is 10.5. The van der Waals surface area contributed by atoms with E-state index < -0.39 is 53.8 Å². The average molecular weight is 496 g/mol. The number of hydrogen-bond acceptors (Lipinski definition) is 4. The lowest BCUT2D eigenvalue weighted by Gasteiger charge is -2.29. The van der Waals surface area contributed by atoms with Crippen molar-refractivity contribution >= 4 is 17.8 Å². The van der Waals surface area contributed by atoms with Gasteiger partial charge in [0, 0.05) is 0 Å². The Morgan fingerprint density at radius 1 is 0.818 bits per heavy atom. The van der Waals surface area contributed by atoms with Gasteiger partial charge >= 0.3 is 24.0 Å². The molecule has 194 valence electrons. The van der Waals surface area contributed by atoms with Crippen LogP contribution in [0.25, 0.3) is 0 Å². The van der Waals surface area contributed by atoms with Crippen molar-refractivity contribution in [2.45, 2.75) is 90.4 Å². The lowest BCUT2D eigenvalue weighted by Crippen LogP contribution is -2.62. The van der Waals surface area contributed by atoms with Crippen molar-refractivity contribution in [3.63, 3.8) is 0 Å². The highest BCUT2D eigenvalue weighted by molar-refractivity contribution is 5.93. The summed E-state index contributed by atoms with van der Waals surface area (Å²) in [6.45, 7) is 8.33. The average Bonchev–Trinajstić information content (AvgIpc) is 2.64. The predicted molar refractivity (Wildman–Crippen MR) is 105 cm³/mol. The first-order valence-corrected chi connectivity index (χ1v) is 10.5. The third-order valence-electron chi connectivity index (χ3n) is 4.41. The molecule has 2 amide bonds. The zero-order valence-electron chi connectivity index (χ0n) is 19.1. The highest BCUT2D eigenvalue weighted by atomic mass is 19.4. The van der Waals surface area contributed by atoms with E-state index in [4.69, 9.17) is 4.74 Å².